The van der Waals surface area contributed by atoms with Gasteiger partial charge >= 0.3 is 0 Å². The van der Waals surface area contributed by atoms with Crippen LogP contribution >= 0.6 is 0 Å². The second kappa shape index (κ2) is 6.73. The molecule has 0 aromatic heterocycles. The summed E-state index contributed by atoms with van der Waals surface area (Å²) in [5.41, 5.74) is -0.913. The molecule has 0 bridgehead atoms. The Labute approximate surface area is 162 Å². The number of amides is 2. The molecule has 3 rings (SSSR count). The molecule has 5 heteroatoms. The van der Waals surface area contributed by atoms with Gasteiger partial charge in [0.2, 0.25) is 5.91 Å². The lowest BCUT2D eigenvalue weighted by molar-refractivity contribution is -0.128. The molecule has 4 nitrogen and oxygen atoms in total. The highest BCUT2D eigenvalue weighted by Gasteiger charge is 2.58. The quantitative estimate of drug-likeness (QED) is 0.654. The molecule has 0 unspecified atom stereocenters. The Morgan fingerprint density at radius 2 is 1.33 bits per heavy atom. The van der Waals surface area contributed by atoms with Gasteiger partial charge in [0.15, 0.2) is 0 Å². The van der Waals surface area contributed by atoms with Crippen LogP contribution in [0, 0.1) is 5.41 Å². The van der Waals surface area contributed by atoms with E-state index in [1.54, 1.807) is 13.8 Å². The van der Waals surface area contributed by atoms with E-state index in [1.807, 2.05) is 36.4 Å². The fourth-order valence-electron chi connectivity index (χ4n) is 3.85. The molecule has 1 aliphatic rings. The molecule has 2 aromatic carbocycles. The summed E-state index contributed by atoms with van der Waals surface area (Å²) in [7, 11) is -2.89. The van der Waals surface area contributed by atoms with E-state index >= 15 is 0 Å². The first-order valence-electron chi connectivity index (χ1n) is 9.25. The zero-order valence-electron chi connectivity index (χ0n) is 16.6. The molecule has 1 aliphatic heterocycles. The van der Waals surface area contributed by atoms with E-state index in [0.29, 0.717) is 0 Å². The van der Waals surface area contributed by atoms with Crippen LogP contribution in [0.25, 0.3) is 0 Å². The van der Waals surface area contributed by atoms with Crippen molar-refractivity contribution in [2.75, 3.05) is 0 Å². The number of benzene rings is 2. The highest BCUT2D eigenvalue weighted by molar-refractivity contribution is 6.99. The predicted octanol–water partition coefficient (Wildman–Crippen LogP) is 2.61. The molecule has 27 heavy (non-hydrogen) atoms. The van der Waals surface area contributed by atoms with Gasteiger partial charge in [-0.3, -0.25) is 14.9 Å². The summed E-state index contributed by atoms with van der Waals surface area (Å²) in [5.74, 6) is -0.631. The van der Waals surface area contributed by atoms with Gasteiger partial charge in [-0.2, -0.15) is 0 Å². The molecular weight excluding hydrogens is 354 g/mol. The third kappa shape index (κ3) is 3.15. The number of carbonyl (C=O) groups excluding carboxylic acids is 2. The van der Waals surface area contributed by atoms with Gasteiger partial charge in [-0.1, -0.05) is 81.4 Å². The van der Waals surface area contributed by atoms with Gasteiger partial charge in [0, 0.05) is 0 Å². The van der Waals surface area contributed by atoms with Gasteiger partial charge in [-0.15, -0.1) is 0 Å². The first-order valence-corrected chi connectivity index (χ1v) is 11.2. The Balaban J connectivity index is 2.25. The Morgan fingerprint density at radius 1 is 0.889 bits per heavy atom. The van der Waals surface area contributed by atoms with Crippen molar-refractivity contribution in [2.45, 2.75) is 45.8 Å². The number of hydrogen-bond acceptors (Lipinski definition) is 3. The van der Waals surface area contributed by atoms with Crippen molar-refractivity contribution in [3.8, 4) is 0 Å². The summed E-state index contributed by atoms with van der Waals surface area (Å²) in [6.07, 6.45) is -0.823. The van der Waals surface area contributed by atoms with Crippen molar-refractivity contribution in [1.29, 1.82) is 0 Å². The Bertz CT molecular complexity index is 801. The molecule has 1 saturated heterocycles. The summed E-state index contributed by atoms with van der Waals surface area (Å²) < 4.78 is 6.84. The van der Waals surface area contributed by atoms with Crippen molar-refractivity contribution < 1.29 is 14.0 Å². The third-order valence-electron chi connectivity index (χ3n) is 5.43. The molecule has 0 saturated carbocycles. The van der Waals surface area contributed by atoms with Crippen molar-refractivity contribution in [3.05, 3.63) is 60.7 Å². The molecule has 0 radical (unpaired) electrons. The van der Waals surface area contributed by atoms with Crippen molar-refractivity contribution in [1.82, 2.24) is 5.32 Å². The van der Waals surface area contributed by atoms with Crippen LogP contribution in [0.5, 0.6) is 0 Å². The van der Waals surface area contributed by atoms with E-state index in [4.69, 9.17) is 4.43 Å². The summed E-state index contributed by atoms with van der Waals surface area (Å²) in [5, 5.41) is 4.38. The minimum atomic E-state index is -2.89. The number of rotatable bonds is 4. The fourth-order valence-corrected chi connectivity index (χ4v) is 8.62. The number of imide groups is 1. The maximum Gasteiger partial charge on any atom is 0.262 e. The van der Waals surface area contributed by atoms with Crippen LogP contribution in [0.15, 0.2) is 60.7 Å². The minimum Gasteiger partial charge on any atom is -0.394 e. The van der Waals surface area contributed by atoms with E-state index in [0.717, 1.165) is 10.4 Å². The van der Waals surface area contributed by atoms with Crippen LogP contribution in [-0.2, 0) is 14.0 Å². The molecule has 0 spiro atoms. The van der Waals surface area contributed by atoms with E-state index in [2.05, 4.69) is 50.4 Å². The first-order chi connectivity index (χ1) is 12.6. The van der Waals surface area contributed by atoms with E-state index in [9.17, 15) is 9.59 Å². The fraction of sp³-hybridized carbons (Fsp3) is 0.364. The highest BCUT2D eigenvalue weighted by atomic mass is 28.4. The van der Waals surface area contributed by atoms with Crippen molar-refractivity contribution >= 4 is 30.5 Å². The van der Waals surface area contributed by atoms with Crippen LogP contribution in [0.1, 0.15) is 34.6 Å². The Morgan fingerprint density at radius 3 is 1.67 bits per heavy atom. The Kier molecular flexibility index (Phi) is 4.86. The van der Waals surface area contributed by atoms with E-state index in [1.165, 1.54) is 0 Å². The lowest BCUT2D eigenvalue weighted by atomic mass is 9.89. The molecule has 142 valence electrons. The van der Waals surface area contributed by atoms with E-state index < -0.39 is 19.8 Å². The van der Waals surface area contributed by atoms with Crippen LogP contribution in [0.4, 0.5) is 0 Å². The zero-order chi connectivity index (χ0) is 19.9. The number of nitrogens with one attached hydrogen (secondary N) is 1. The van der Waals surface area contributed by atoms with Crippen molar-refractivity contribution in [3.63, 3.8) is 0 Å². The second-order valence-electron chi connectivity index (χ2n) is 8.70. The minimum absolute atomic E-state index is 0.252. The maximum atomic E-state index is 12.6. The standard InChI is InChI=1S/C22H27NO3Si/c1-21(2,3)27(16-12-8-6-9-13-16,17-14-10-7-11-15-17)26-18-19(24)23-20(25)22(18,4)5/h6-15,18H,1-5H3,(H,23,24,25)/t18-/m0/s1. The summed E-state index contributed by atoms with van der Waals surface area (Å²) in [4.78, 5) is 25.0. The average Bonchev–Trinajstić information content (AvgIpc) is 2.81. The number of carbonyl (C=O) groups is 2. The van der Waals surface area contributed by atoms with Crippen LogP contribution in [0.2, 0.25) is 5.04 Å². The average molecular weight is 382 g/mol. The normalized spacial score (nSPS) is 19.8. The molecule has 2 amide bonds. The third-order valence-corrected chi connectivity index (χ3v) is 10.4. The van der Waals surface area contributed by atoms with Gasteiger partial charge in [0.1, 0.15) is 6.10 Å². The van der Waals surface area contributed by atoms with Crippen molar-refractivity contribution in [2.24, 2.45) is 5.41 Å². The summed E-state index contributed by atoms with van der Waals surface area (Å²) in [6.45, 7) is 10.0. The van der Waals surface area contributed by atoms with Gasteiger partial charge in [-0.05, 0) is 29.3 Å². The van der Waals surface area contributed by atoms with Gasteiger partial charge in [0.05, 0.1) is 5.41 Å². The zero-order valence-corrected chi connectivity index (χ0v) is 17.6. The van der Waals surface area contributed by atoms with Gasteiger partial charge in [-0.25, -0.2) is 0 Å². The highest BCUT2D eigenvalue weighted by Crippen LogP contribution is 2.41. The molecule has 2 aromatic rings. The molecule has 0 aliphatic carbocycles. The molecular formula is C22H27NO3Si. The molecule has 1 fully saturated rings. The van der Waals surface area contributed by atoms with E-state index in [-0.39, 0.29) is 16.9 Å². The molecule has 1 N–H and O–H groups in total. The Hall–Kier alpha value is -2.24. The molecule has 1 atom stereocenters. The smallest absolute Gasteiger partial charge is 0.262 e. The van der Waals surface area contributed by atoms with Crippen LogP contribution in [0.3, 0.4) is 0 Å². The molecule has 1 heterocycles. The predicted molar refractivity (Wildman–Crippen MR) is 109 cm³/mol. The monoisotopic (exact) mass is 381 g/mol. The first kappa shape index (κ1) is 19.5. The topological polar surface area (TPSA) is 55.4 Å². The second-order valence-corrected chi connectivity index (χ2v) is 13.0. The number of hydrogen-bond donors (Lipinski definition) is 1. The van der Waals surface area contributed by atoms with Crippen LogP contribution < -0.4 is 15.7 Å². The lowest BCUT2D eigenvalue weighted by Crippen LogP contribution is -2.69. The van der Waals surface area contributed by atoms with Crippen LogP contribution in [-0.4, -0.2) is 26.2 Å². The van der Waals surface area contributed by atoms with Gasteiger partial charge < -0.3 is 4.43 Å². The van der Waals surface area contributed by atoms with Gasteiger partial charge in [0.25, 0.3) is 14.2 Å². The lowest BCUT2D eigenvalue weighted by Gasteiger charge is -2.45. The summed E-state index contributed by atoms with van der Waals surface area (Å²) >= 11 is 0. The summed E-state index contributed by atoms with van der Waals surface area (Å²) in [6, 6.07) is 20.3. The largest absolute Gasteiger partial charge is 0.394 e. The SMILES string of the molecule is CC1(C)C(=O)NC(=O)[C@@H]1O[Si](c1ccccc1)(c1ccccc1)C(C)(C)C. The maximum absolute atomic E-state index is 12.6.